The molecule has 0 spiro atoms. The van der Waals surface area contributed by atoms with Crippen LogP contribution in [0.1, 0.15) is 12.8 Å². The Kier molecular flexibility index (Phi) is 5.37. The van der Waals surface area contributed by atoms with Crippen LogP contribution in [-0.2, 0) is 9.59 Å². The van der Waals surface area contributed by atoms with Gasteiger partial charge in [0.1, 0.15) is 0 Å². The van der Waals surface area contributed by atoms with Crippen LogP contribution in [0.15, 0.2) is 36.1 Å². The third-order valence-electron chi connectivity index (χ3n) is 3.79. The molecule has 1 fully saturated rings. The first-order valence-electron chi connectivity index (χ1n) is 7.85. The van der Waals surface area contributed by atoms with Crippen LogP contribution >= 0.6 is 11.3 Å². The van der Waals surface area contributed by atoms with E-state index < -0.39 is 0 Å². The van der Waals surface area contributed by atoms with E-state index in [0.29, 0.717) is 18.2 Å². The summed E-state index contributed by atoms with van der Waals surface area (Å²) in [5, 5.41) is 8.63. The summed E-state index contributed by atoms with van der Waals surface area (Å²) in [5.41, 5.74) is 0.962. The number of aromatic nitrogens is 2. The second-order valence-electron chi connectivity index (χ2n) is 5.53. The highest BCUT2D eigenvalue weighted by molar-refractivity contribution is 7.13. The first-order chi connectivity index (χ1) is 11.7. The van der Waals surface area contributed by atoms with Crippen LogP contribution in [-0.4, -0.2) is 41.4 Å². The van der Waals surface area contributed by atoms with Crippen LogP contribution in [0.3, 0.4) is 0 Å². The topological polar surface area (TPSA) is 87.2 Å². The molecule has 1 saturated heterocycles. The summed E-state index contributed by atoms with van der Waals surface area (Å²) in [4.78, 5) is 34.0. The maximum atomic E-state index is 12.2. The summed E-state index contributed by atoms with van der Waals surface area (Å²) in [7, 11) is 0. The number of rotatable bonds is 7. The number of carbonyl (C=O) groups is 2. The van der Waals surface area contributed by atoms with E-state index in [-0.39, 0.29) is 24.2 Å². The first-order valence-corrected chi connectivity index (χ1v) is 8.73. The van der Waals surface area contributed by atoms with E-state index in [2.05, 4.69) is 20.6 Å². The fraction of sp³-hybridized carbons (Fsp3) is 0.375. The lowest BCUT2D eigenvalue weighted by molar-refractivity contribution is -0.126. The maximum Gasteiger partial charge on any atom is 0.229 e. The fourth-order valence-electron chi connectivity index (χ4n) is 2.56. The lowest BCUT2D eigenvalue weighted by Crippen LogP contribution is -2.34. The smallest absolute Gasteiger partial charge is 0.229 e. The van der Waals surface area contributed by atoms with Gasteiger partial charge in [0.25, 0.3) is 0 Å². The third-order valence-corrected chi connectivity index (χ3v) is 4.58. The van der Waals surface area contributed by atoms with Crippen molar-refractivity contribution in [1.29, 1.82) is 0 Å². The Balaban J connectivity index is 1.37. The molecule has 1 atom stereocenters. The number of hydrogen-bond acceptors (Lipinski definition) is 6. The lowest BCUT2D eigenvalue weighted by atomic mass is 10.1. The van der Waals surface area contributed by atoms with Gasteiger partial charge < -0.3 is 10.6 Å². The van der Waals surface area contributed by atoms with Gasteiger partial charge >= 0.3 is 0 Å². The number of nitrogens with one attached hydrogen (secondary N) is 2. The van der Waals surface area contributed by atoms with Crippen molar-refractivity contribution in [3.05, 3.63) is 36.1 Å². The van der Waals surface area contributed by atoms with Gasteiger partial charge in [0.05, 0.1) is 11.6 Å². The van der Waals surface area contributed by atoms with Gasteiger partial charge in [-0.15, -0.1) is 11.3 Å². The average molecular weight is 345 g/mol. The number of anilines is 2. The largest absolute Gasteiger partial charge is 0.384 e. The summed E-state index contributed by atoms with van der Waals surface area (Å²) in [5.74, 6) is -0.403. The van der Waals surface area contributed by atoms with E-state index >= 15 is 0 Å². The molecular formula is C16H19N5O2S. The number of thiazole rings is 1. The number of hydrogen-bond donors (Lipinski definition) is 2. The molecule has 0 saturated carbocycles. The zero-order chi connectivity index (χ0) is 16.8. The van der Waals surface area contributed by atoms with Crippen LogP contribution < -0.4 is 15.5 Å². The number of nitrogens with zero attached hydrogens (tertiary/aromatic N) is 3. The van der Waals surface area contributed by atoms with E-state index in [9.17, 15) is 9.59 Å². The standard InChI is InChI=1S/C16H19N5O2S/c22-14-9-12(11-21(14)16-20-7-8-24-16)15(23)19-6-2-5-18-13-3-1-4-17-10-13/h1,3-4,7-8,10,12,18H,2,5-6,9,11H2,(H,19,23). The predicted octanol–water partition coefficient (Wildman–Crippen LogP) is 1.51. The van der Waals surface area contributed by atoms with Crippen molar-refractivity contribution in [3.63, 3.8) is 0 Å². The van der Waals surface area contributed by atoms with Crippen LogP contribution in [0.25, 0.3) is 0 Å². The average Bonchev–Trinajstić information content (AvgIpc) is 3.24. The molecule has 3 rings (SSSR count). The SMILES string of the molecule is O=C(NCCCNc1cccnc1)C1CC(=O)N(c2nccs2)C1. The van der Waals surface area contributed by atoms with Crippen LogP contribution in [0.5, 0.6) is 0 Å². The summed E-state index contributed by atoms with van der Waals surface area (Å²) in [6.45, 7) is 1.74. The molecule has 0 aliphatic carbocycles. The van der Waals surface area contributed by atoms with E-state index in [0.717, 1.165) is 18.7 Å². The van der Waals surface area contributed by atoms with E-state index in [1.807, 2.05) is 17.5 Å². The van der Waals surface area contributed by atoms with Gasteiger partial charge in [-0.2, -0.15) is 0 Å². The zero-order valence-electron chi connectivity index (χ0n) is 13.1. The molecule has 0 aromatic carbocycles. The van der Waals surface area contributed by atoms with Crippen molar-refractivity contribution < 1.29 is 9.59 Å². The Morgan fingerprint density at radius 2 is 2.29 bits per heavy atom. The van der Waals surface area contributed by atoms with Gasteiger partial charge in [-0.1, -0.05) is 0 Å². The van der Waals surface area contributed by atoms with Gasteiger partial charge in [0.15, 0.2) is 5.13 Å². The third kappa shape index (κ3) is 4.08. The number of amides is 2. The van der Waals surface area contributed by atoms with Crippen LogP contribution in [0, 0.1) is 5.92 Å². The summed E-state index contributed by atoms with van der Waals surface area (Å²) < 4.78 is 0. The van der Waals surface area contributed by atoms with Gasteiger partial charge in [0, 0.05) is 50.0 Å². The molecule has 0 bridgehead atoms. The van der Waals surface area contributed by atoms with Gasteiger partial charge in [0.2, 0.25) is 11.8 Å². The molecule has 1 unspecified atom stereocenters. The van der Waals surface area contributed by atoms with Crippen molar-refractivity contribution >= 4 is 34.0 Å². The molecule has 7 nitrogen and oxygen atoms in total. The molecule has 3 heterocycles. The minimum atomic E-state index is -0.298. The van der Waals surface area contributed by atoms with Crippen molar-refractivity contribution in [2.75, 3.05) is 29.9 Å². The van der Waals surface area contributed by atoms with Gasteiger partial charge in [-0.05, 0) is 18.6 Å². The summed E-state index contributed by atoms with van der Waals surface area (Å²) in [6.07, 6.45) is 6.20. The Bertz CT molecular complexity index is 677. The van der Waals surface area contributed by atoms with Crippen molar-refractivity contribution in [2.45, 2.75) is 12.8 Å². The second kappa shape index (κ2) is 7.87. The predicted molar refractivity (Wildman–Crippen MR) is 92.9 cm³/mol. The molecule has 2 N–H and O–H groups in total. The first kappa shape index (κ1) is 16.4. The minimum absolute atomic E-state index is 0.0386. The fourth-order valence-corrected chi connectivity index (χ4v) is 3.23. The van der Waals surface area contributed by atoms with Gasteiger partial charge in [-0.25, -0.2) is 4.98 Å². The Hall–Kier alpha value is -2.48. The Morgan fingerprint density at radius 1 is 1.38 bits per heavy atom. The summed E-state index contributed by atoms with van der Waals surface area (Å²) >= 11 is 1.41. The normalized spacial score (nSPS) is 17.1. The molecule has 2 amide bonds. The Morgan fingerprint density at radius 3 is 3.04 bits per heavy atom. The molecule has 1 aliphatic heterocycles. The highest BCUT2D eigenvalue weighted by Crippen LogP contribution is 2.26. The molecular weight excluding hydrogens is 326 g/mol. The molecule has 2 aromatic heterocycles. The van der Waals surface area contributed by atoms with Crippen molar-refractivity contribution in [1.82, 2.24) is 15.3 Å². The van der Waals surface area contributed by atoms with E-state index in [4.69, 9.17) is 0 Å². The van der Waals surface area contributed by atoms with E-state index in [1.54, 1.807) is 23.5 Å². The molecule has 0 radical (unpaired) electrons. The van der Waals surface area contributed by atoms with Crippen LogP contribution in [0.4, 0.5) is 10.8 Å². The quantitative estimate of drug-likeness (QED) is 0.743. The highest BCUT2D eigenvalue weighted by atomic mass is 32.1. The number of carbonyl (C=O) groups excluding carboxylic acids is 2. The second-order valence-corrected chi connectivity index (χ2v) is 6.41. The molecule has 1 aliphatic rings. The van der Waals surface area contributed by atoms with Crippen LogP contribution in [0.2, 0.25) is 0 Å². The number of pyridine rings is 1. The van der Waals surface area contributed by atoms with E-state index in [1.165, 1.54) is 11.3 Å². The van der Waals surface area contributed by atoms with Crippen molar-refractivity contribution in [2.24, 2.45) is 5.92 Å². The highest BCUT2D eigenvalue weighted by Gasteiger charge is 2.35. The lowest BCUT2D eigenvalue weighted by Gasteiger charge is -2.13. The Labute approximate surface area is 144 Å². The molecule has 24 heavy (non-hydrogen) atoms. The molecule has 126 valence electrons. The molecule has 2 aromatic rings. The summed E-state index contributed by atoms with van der Waals surface area (Å²) in [6, 6.07) is 3.82. The molecule has 8 heteroatoms. The van der Waals surface area contributed by atoms with Crippen molar-refractivity contribution in [3.8, 4) is 0 Å². The monoisotopic (exact) mass is 345 g/mol. The zero-order valence-corrected chi connectivity index (χ0v) is 14.0. The maximum absolute atomic E-state index is 12.2. The van der Waals surface area contributed by atoms with Gasteiger partial charge in [-0.3, -0.25) is 19.5 Å². The minimum Gasteiger partial charge on any atom is -0.384 e.